The third kappa shape index (κ3) is 3.38. The van der Waals surface area contributed by atoms with Gasteiger partial charge in [0, 0.05) is 12.8 Å². The molecule has 3 nitrogen and oxygen atoms in total. The Kier molecular flexibility index (Phi) is 3.70. The molecule has 2 heterocycles. The summed E-state index contributed by atoms with van der Waals surface area (Å²) < 4.78 is 10.5. The number of ether oxygens (including phenoxy) is 2. The summed E-state index contributed by atoms with van der Waals surface area (Å²) in [5, 5.41) is 0. The molecule has 0 spiro atoms. The molecule has 0 amide bonds. The van der Waals surface area contributed by atoms with Crippen molar-refractivity contribution in [3.05, 3.63) is 70.8 Å². The van der Waals surface area contributed by atoms with Crippen molar-refractivity contribution in [2.45, 2.75) is 31.1 Å². The molecule has 0 aromatic heterocycles. The number of rotatable bonds is 6. The summed E-state index contributed by atoms with van der Waals surface area (Å²) in [6, 6.07) is 17.1. The summed E-state index contributed by atoms with van der Waals surface area (Å²) in [5.41, 5.74) is 11.3. The fraction of sp³-hybridized carbons (Fsp3) is 0.368. The quantitative estimate of drug-likeness (QED) is 0.833. The second kappa shape index (κ2) is 5.84. The molecule has 3 heteroatoms. The smallest absolute Gasteiger partial charge is 0.0850 e. The highest BCUT2D eigenvalue weighted by Gasteiger charge is 2.23. The summed E-state index contributed by atoms with van der Waals surface area (Å²) in [7, 11) is 0. The molecule has 2 unspecified atom stereocenters. The van der Waals surface area contributed by atoms with Crippen LogP contribution in [0.2, 0.25) is 0 Å². The van der Waals surface area contributed by atoms with Crippen molar-refractivity contribution >= 4 is 0 Å². The van der Waals surface area contributed by atoms with Crippen LogP contribution in [-0.2, 0) is 22.3 Å². The number of hydrogen-bond acceptors (Lipinski definition) is 3. The number of nitrogens with two attached hydrogens (primary N) is 1. The normalized spacial score (nSPS) is 24.0. The minimum Gasteiger partial charge on any atom is -0.373 e. The van der Waals surface area contributed by atoms with E-state index >= 15 is 0 Å². The maximum atomic E-state index is 6.39. The molecule has 0 saturated carbocycles. The Balaban J connectivity index is 1.43. The average molecular weight is 295 g/mol. The summed E-state index contributed by atoms with van der Waals surface area (Å²) in [6.07, 6.45) is 2.88. The van der Waals surface area contributed by atoms with E-state index in [0.717, 1.165) is 37.2 Å². The first-order valence-corrected chi connectivity index (χ1v) is 7.94. The van der Waals surface area contributed by atoms with Crippen molar-refractivity contribution in [1.29, 1.82) is 0 Å². The van der Waals surface area contributed by atoms with E-state index in [2.05, 4.69) is 48.5 Å². The van der Waals surface area contributed by atoms with Gasteiger partial charge in [0.15, 0.2) is 0 Å². The van der Waals surface area contributed by atoms with Gasteiger partial charge in [-0.05, 0) is 22.3 Å². The molecule has 2 aliphatic heterocycles. The molecule has 2 aromatic carbocycles. The first-order chi connectivity index (χ1) is 10.8. The molecule has 4 rings (SSSR count). The van der Waals surface area contributed by atoms with Crippen LogP contribution in [0.25, 0.3) is 0 Å². The first kappa shape index (κ1) is 13.9. The zero-order valence-electron chi connectivity index (χ0n) is 12.6. The van der Waals surface area contributed by atoms with Crippen molar-refractivity contribution in [2.24, 2.45) is 5.73 Å². The van der Waals surface area contributed by atoms with Crippen LogP contribution < -0.4 is 5.73 Å². The predicted octanol–water partition coefficient (Wildman–Crippen LogP) is 2.62. The van der Waals surface area contributed by atoms with Gasteiger partial charge in [0.1, 0.15) is 0 Å². The van der Waals surface area contributed by atoms with Crippen LogP contribution in [0.4, 0.5) is 0 Å². The van der Waals surface area contributed by atoms with Crippen molar-refractivity contribution in [3.8, 4) is 0 Å². The maximum absolute atomic E-state index is 6.39. The fourth-order valence-electron chi connectivity index (χ4n) is 2.81. The minimum atomic E-state index is -0.0718. The van der Waals surface area contributed by atoms with Crippen molar-refractivity contribution in [2.75, 3.05) is 13.2 Å². The summed E-state index contributed by atoms with van der Waals surface area (Å²) in [6.45, 7) is 1.80. The largest absolute Gasteiger partial charge is 0.373 e. The Hall–Kier alpha value is -1.68. The average Bonchev–Trinajstić information content (AvgIpc) is 3.45. The molecule has 114 valence electrons. The van der Waals surface area contributed by atoms with Gasteiger partial charge in [-0.2, -0.15) is 0 Å². The highest BCUT2D eigenvalue weighted by Crippen LogP contribution is 2.23. The Labute approximate surface area is 131 Å². The third-order valence-electron chi connectivity index (χ3n) is 4.41. The van der Waals surface area contributed by atoms with Crippen LogP contribution >= 0.6 is 0 Å². The molecular weight excluding hydrogens is 274 g/mol. The molecule has 0 aliphatic carbocycles. The molecular formula is C19H21NO2. The van der Waals surface area contributed by atoms with Gasteiger partial charge in [-0.3, -0.25) is 0 Å². The van der Waals surface area contributed by atoms with Gasteiger partial charge in [0.2, 0.25) is 0 Å². The van der Waals surface area contributed by atoms with Crippen LogP contribution in [0.5, 0.6) is 0 Å². The van der Waals surface area contributed by atoms with E-state index in [1.807, 2.05) is 0 Å². The predicted molar refractivity (Wildman–Crippen MR) is 85.8 cm³/mol. The van der Waals surface area contributed by atoms with E-state index in [0.29, 0.717) is 12.2 Å². The van der Waals surface area contributed by atoms with E-state index in [4.69, 9.17) is 15.2 Å². The maximum Gasteiger partial charge on any atom is 0.0850 e. The number of hydrogen-bond donors (Lipinski definition) is 1. The van der Waals surface area contributed by atoms with E-state index < -0.39 is 0 Å². The van der Waals surface area contributed by atoms with Gasteiger partial charge in [-0.1, -0.05) is 48.5 Å². The monoisotopic (exact) mass is 295 g/mol. The number of benzene rings is 2. The fourth-order valence-corrected chi connectivity index (χ4v) is 2.81. The van der Waals surface area contributed by atoms with E-state index in [1.165, 1.54) is 11.1 Å². The van der Waals surface area contributed by atoms with Crippen molar-refractivity contribution in [3.63, 3.8) is 0 Å². The summed E-state index contributed by atoms with van der Waals surface area (Å²) >= 11 is 0. The summed E-state index contributed by atoms with van der Waals surface area (Å²) in [5.74, 6) is 0. The summed E-state index contributed by atoms with van der Waals surface area (Å²) in [4.78, 5) is 0. The molecule has 2 fully saturated rings. The first-order valence-electron chi connectivity index (χ1n) is 7.94. The lowest BCUT2D eigenvalue weighted by atomic mass is 9.96. The molecule has 2 saturated heterocycles. The van der Waals surface area contributed by atoms with E-state index in [1.54, 1.807) is 0 Å². The molecule has 2 N–H and O–H groups in total. The van der Waals surface area contributed by atoms with Gasteiger partial charge in [0.05, 0.1) is 31.5 Å². The third-order valence-corrected chi connectivity index (χ3v) is 4.41. The lowest BCUT2D eigenvalue weighted by molar-refractivity contribution is 0.407. The molecule has 0 radical (unpaired) electrons. The molecule has 0 bridgehead atoms. The van der Waals surface area contributed by atoms with Gasteiger partial charge in [0.25, 0.3) is 0 Å². The van der Waals surface area contributed by atoms with Crippen molar-refractivity contribution in [1.82, 2.24) is 0 Å². The highest BCUT2D eigenvalue weighted by molar-refractivity contribution is 5.35. The second-order valence-corrected chi connectivity index (χ2v) is 6.28. The van der Waals surface area contributed by atoms with Gasteiger partial charge in [-0.25, -0.2) is 0 Å². The van der Waals surface area contributed by atoms with Crippen LogP contribution in [0, 0.1) is 0 Å². The van der Waals surface area contributed by atoms with Gasteiger partial charge >= 0.3 is 0 Å². The second-order valence-electron chi connectivity index (χ2n) is 6.28. The molecule has 2 aromatic rings. The van der Waals surface area contributed by atoms with E-state index in [9.17, 15) is 0 Å². The Bertz CT molecular complexity index is 570. The zero-order chi connectivity index (χ0) is 14.9. The Morgan fingerprint density at radius 1 is 0.773 bits per heavy atom. The van der Waals surface area contributed by atoms with Crippen LogP contribution in [0.3, 0.4) is 0 Å². The Morgan fingerprint density at radius 3 is 1.45 bits per heavy atom. The molecule has 22 heavy (non-hydrogen) atoms. The van der Waals surface area contributed by atoms with Crippen LogP contribution in [-0.4, -0.2) is 25.4 Å². The molecule has 2 atom stereocenters. The van der Waals surface area contributed by atoms with Gasteiger partial charge in [-0.15, -0.1) is 0 Å². The number of epoxide rings is 2. The Morgan fingerprint density at radius 2 is 1.14 bits per heavy atom. The molecule has 2 aliphatic rings. The topological polar surface area (TPSA) is 51.1 Å². The minimum absolute atomic E-state index is 0.0718. The SMILES string of the molecule is NC(c1ccc(CC2CO2)cc1)c1ccc(CC2CO2)cc1. The lowest BCUT2D eigenvalue weighted by Gasteiger charge is -2.14. The van der Waals surface area contributed by atoms with E-state index in [-0.39, 0.29) is 6.04 Å². The van der Waals surface area contributed by atoms with Crippen LogP contribution in [0.1, 0.15) is 28.3 Å². The lowest BCUT2D eigenvalue weighted by Crippen LogP contribution is -2.12. The zero-order valence-corrected chi connectivity index (χ0v) is 12.6. The van der Waals surface area contributed by atoms with Crippen LogP contribution in [0.15, 0.2) is 48.5 Å². The van der Waals surface area contributed by atoms with Gasteiger partial charge < -0.3 is 15.2 Å². The highest BCUT2D eigenvalue weighted by atomic mass is 16.6. The van der Waals surface area contributed by atoms with Crippen molar-refractivity contribution < 1.29 is 9.47 Å². The standard InChI is InChI=1S/C19H21NO2/c20-19(15-5-1-13(2-6-15)9-17-11-21-17)16-7-3-14(4-8-16)10-18-12-22-18/h1-8,17-19H,9-12,20H2.